The van der Waals surface area contributed by atoms with Crippen LogP contribution in [0.5, 0.6) is 0 Å². The minimum absolute atomic E-state index is 0.320. The highest BCUT2D eigenvalue weighted by molar-refractivity contribution is 6.14. The molecule has 0 radical (unpaired) electrons. The van der Waals surface area contributed by atoms with Crippen molar-refractivity contribution in [3.05, 3.63) is 240 Å². The second-order valence-electron chi connectivity index (χ2n) is 21.5. The monoisotopic (exact) mass is 922 g/mol. The Hall–Kier alpha value is -7.96. The topological polar surface area (TPSA) is 57.0 Å². The summed E-state index contributed by atoms with van der Waals surface area (Å²) in [6, 6.07) is 70.4. The average molecular weight is 923 g/mol. The van der Waals surface area contributed by atoms with Crippen molar-refractivity contribution < 1.29 is 0 Å². The van der Waals surface area contributed by atoms with E-state index in [9.17, 15) is 0 Å². The number of benzene rings is 7. The minimum atomic E-state index is -0.652. The van der Waals surface area contributed by atoms with Gasteiger partial charge in [0.2, 0.25) is 0 Å². The molecule has 1 aliphatic carbocycles. The first kappa shape index (κ1) is 44.3. The quantitative estimate of drug-likeness (QED) is 0.152. The molecule has 7 aromatic carbocycles. The van der Waals surface area contributed by atoms with Crippen molar-refractivity contribution in [2.45, 2.75) is 83.0 Å². The van der Waals surface area contributed by atoms with E-state index in [-0.39, 0.29) is 22.2 Å². The zero-order chi connectivity index (χ0) is 48.9. The van der Waals surface area contributed by atoms with Gasteiger partial charge in [0, 0.05) is 34.6 Å². The average Bonchev–Trinajstić information content (AvgIpc) is 3.88. The van der Waals surface area contributed by atoms with Crippen LogP contribution in [-0.2, 0) is 5.41 Å². The summed E-state index contributed by atoms with van der Waals surface area (Å²) in [5.41, 5.74) is 12.0. The Bertz CT molecular complexity index is 3520. The third-order valence-corrected chi connectivity index (χ3v) is 16.5. The first-order valence-corrected chi connectivity index (χ1v) is 24.9. The highest BCUT2D eigenvalue weighted by Crippen LogP contribution is 2.60. The third kappa shape index (κ3) is 6.60. The number of anilines is 2. The van der Waals surface area contributed by atoms with Crippen molar-refractivity contribution in [1.82, 2.24) is 9.97 Å². The van der Waals surface area contributed by atoms with Gasteiger partial charge in [-0.05, 0) is 147 Å². The van der Waals surface area contributed by atoms with Crippen molar-refractivity contribution in [1.29, 1.82) is 0 Å². The summed E-state index contributed by atoms with van der Waals surface area (Å²) in [7, 11) is 0. The molecule has 3 aliphatic rings. The zero-order valence-electron chi connectivity index (χ0n) is 41.8. The predicted octanol–water partition coefficient (Wildman–Crippen LogP) is 15.0. The molecule has 0 bridgehead atoms. The van der Waals surface area contributed by atoms with E-state index < -0.39 is 5.41 Å². The van der Waals surface area contributed by atoms with Crippen LogP contribution in [0.3, 0.4) is 0 Å². The molecule has 0 atom stereocenters. The molecule has 0 unspecified atom stereocenters. The van der Waals surface area contributed by atoms with Crippen molar-refractivity contribution in [2.75, 3.05) is 9.80 Å². The maximum atomic E-state index is 5.32. The lowest BCUT2D eigenvalue weighted by Crippen LogP contribution is -2.53. The molecular weight excluding hydrogens is 865 g/mol. The number of aliphatic imine (C=N–C) groups is 2. The number of hydrogen-bond donors (Lipinski definition) is 0. The molecule has 0 fully saturated rings. The second-order valence-corrected chi connectivity index (χ2v) is 21.5. The molecule has 4 heterocycles. The van der Waals surface area contributed by atoms with Crippen LogP contribution < -0.4 is 9.80 Å². The second kappa shape index (κ2) is 16.0. The van der Waals surface area contributed by atoms with Gasteiger partial charge in [0.05, 0.1) is 27.6 Å². The number of nitrogens with zero attached hydrogens (tertiary/aromatic N) is 6. The lowest BCUT2D eigenvalue weighted by molar-refractivity contribution is 0.337. The zero-order valence-corrected chi connectivity index (χ0v) is 41.8. The van der Waals surface area contributed by atoms with Crippen LogP contribution in [0.2, 0.25) is 0 Å². The molecule has 71 heavy (non-hydrogen) atoms. The van der Waals surface area contributed by atoms with Gasteiger partial charge in [-0.1, -0.05) is 158 Å². The van der Waals surface area contributed by atoms with Crippen molar-refractivity contribution in [3.8, 4) is 33.4 Å². The molecule has 12 rings (SSSR count). The van der Waals surface area contributed by atoms with E-state index >= 15 is 0 Å². The van der Waals surface area contributed by atoms with Crippen molar-refractivity contribution in [2.24, 2.45) is 9.98 Å². The van der Waals surface area contributed by atoms with Crippen molar-refractivity contribution in [3.63, 3.8) is 0 Å². The largest absolute Gasteiger partial charge is 0.303 e. The van der Waals surface area contributed by atoms with Gasteiger partial charge in [-0.25, -0.2) is 9.97 Å². The van der Waals surface area contributed by atoms with E-state index in [1.807, 2.05) is 6.20 Å². The molecule has 6 nitrogen and oxygen atoms in total. The molecule has 2 aliphatic heterocycles. The minimum Gasteiger partial charge on any atom is -0.303 e. The number of amidine groups is 2. The molecule has 6 heteroatoms. The lowest BCUT2D eigenvalue weighted by Gasteiger charge is -2.40. The number of rotatable bonds is 8. The van der Waals surface area contributed by atoms with Gasteiger partial charge < -0.3 is 9.80 Å². The molecule has 0 amide bonds. The summed E-state index contributed by atoms with van der Waals surface area (Å²) in [6.45, 7) is 17.9. The molecule has 0 saturated carbocycles. The Labute approximate surface area is 418 Å². The number of aromatic nitrogens is 2. The highest BCUT2D eigenvalue weighted by atomic mass is 15.4. The summed E-state index contributed by atoms with van der Waals surface area (Å²) in [5.74, 6) is 3.63. The molecule has 0 spiro atoms. The van der Waals surface area contributed by atoms with E-state index in [2.05, 4.69) is 266 Å². The molecule has 348 valence electrons. The van der Waals surface area contributed by atoms with Crippen LogP contribution in [0.1, 0.15) is 88.8 Å². The van der Waals surface area contributed by atoms with E-state index in [0.29, 0.717) is 0 Å². The van der Waals surface area contributed by atoms with Crippen LogP contribution in [0.15, 0.2) is 217 Å². The molecule has 0 N–H and O–H groups in total. The summed E-state index contributed by atoms with van der Waals surface area (Å²) in [4.78, 5) is 25.8. The van der Waals surface area contributed by atoms with Gasteiger partial charge in [0.25, 0.3) is 0 Å². The summed E-state index contributed by atoms with van der Waals surface area (Å²) < 4.78 is 0. The maximum Gasteiger partial charge on any atom is 0.137 e. The highest BCUT2D eigenvalue weighted by Gasteiger charge is 2.52. The Kier molecular flexibility index (Phi) is 10.0. The number of pyridine rings is 2. The summed E-state index contributed by atoms with van der Waals surface area (Å²) >= 11 is 0. The van der Waals surface area contributed by atoms with Gasteiger partial charge in [-0.3, -0.25) is 9.98 Å². The predicted molar refractivity (Wildman–Crippen MR) is 295 cm³/mol. The fourth-order valence-corrected chi connectivity index (χ4v) is 11.5. The first-order chi connectivity index (χ1) is 34.2. The fraction of sp³-hybridized carbons (Fsp3) is 0.200. The van der Waals surface area contributed by atoms with Gasteiger partial charge in [0.1, 0.15) is 23.3 Å². The lowest BCUT2D eigenvalue weighted by atomic mass is 9.67. The molecule has 2 aromatic heterocycles. The smallest absolute Gasteiger partial charge is 0.137 e. The van der Waals surface area contributed by atoms with Crippen LogP contribution in [0.4, 0.5) is 11.6 Å². The Morgan fingerprint density at radius 3 is 1.27 bits per heavy atom. The fourth-order valence-electron chi connectivity index (χ4n) is 11.5. The van der Waals surface area contributed by atoms with E-state index in [1.54, 1.807) is 0 Å². The molecule has 0 saturated heterocycles. The van der Waals surface area contributed by atoms with Crippen LogP contribution in [0, 0.1) is 0 Å². The Morgan fingerprint density at radius 2 is 0.789 bits per heavy atom. The van der Waals surface area contributed by atoms with Crippen LogP contribution in [0.25, 0.3) is 44.2 Å². The van der Waals surface area contributed by atoms with Gasteiger partial charge >= 0.3 is 0 Å². The van der Waals surface area contributed by atoms with E-state index in [1.165, 1.54) is 44.2 Å². The van der Waals surface area contributed by atoms with E-state index in [0.717, 1.165) is 56.7 Å². The number of fused-ring (bicyclic) bond motifs is 5. The normalized spacial score (nSPS) is 17.7. The summed E-state index contributed by atoms with van der Waals surface area (Å²) in [6.07, 6.45) is 4.11. The first-order valence-electron chi connectivity index (χ1n) is 24.9. The Balaban J connectivity index is 1.02. The van der Waals surface area contributed by atoms with Gasteiger partial charge in [0.15, 0.2) is 0 Å². The Morgan fingerprint density at radius 1 is 0.352 bits per heavy atom. The van der Waals surface area contributed by atoms with Crippen LogP contribution >= 0.6 is 0 Å². The SMILES string of the molecule is CC1(C)N=C(c2ccccc2)N(c2ccc(-c3ccc4c(c3)C(c3ccccc3)(c3ccccc3)c3cc(-c5ccc(N6C(c7ccccc7)=NC(C)(C)C6(C)C)nc5)c5ccccc5c3-4)cn2)C1(C)C. The van der Waals surface area contributed by atoms with Gasteiger partial charge in [-0.15, -0.1) is 0 Å². The van der Waals surface area contributed by atoms with Crippen molar-refractivity contribution >= 4 is 34.1 Å². The van der Waals surface area contributed by atoms with Crippen LogP contribution in [-0.4, -0.2) is 43.8 Å². The molecule has 9 aromatic rings. The maximum absolute atomic E-state index is 5.32. The standard InChI is InChI=1S/C65H58N6/c1-61(2)63(5,6)70(59(68-61)43-23-13-9-14-24-43)56-37-34-46(41-66-56)45-33-36-52-54(39-45)65(48-27-17-11-18-28-48,49-29-19-12-20-30-49)55-40-53(50-31-21-22-32-51(50)58(52)55)47-35-38-57(67-42-47)71-60(44-25-15-10-16-26-44)69-62(3,4)64(71,7)8/h9-42H,1-8H3. The molecular formula is C65H58N6. The van der Waals surface area contributed by atoms with Gasteiger partial charge in [-0.2, -0.15) is 0 Å². The third-order valence-electron chi connectivity index (χ3n) is 16.5. The van der Waals surface area contributed by atoms with E-state index in [4.69, 9.17) is 20.0 Å². The number of hydrogen-bond acceptors (Lipinski definition) is 6. The summed E-state index contributed by atoms with van der Waals surface area (Å²) in [5, 5.41) is 2.40.